The summed E-state index contributed by atoms with van der Waals surface area (Å²) in [4.78, 5) is 21.4. The average Bonchev–Trinajstić information content (AvgIpc) is 3.20. The Morgan fingerprint density at radius 3 is 2.72 bits per heavy atom. The van der Waals surface area contributed by atoms with Gasteiger partial charge in [0.15, 0.2) is 0 Å². The van der Waals surface area contributed by atoms with Gasteiger partial charge in [-0.1, -0.05) is 12.1 Å². The second kappa shape index (κ2) is 5.93. The normalized spacial score (nSPS) is 20.4. The van der Waals surface area contributed by atoms with E-state index >= 15 is 0 Å². The first kappa shape index (κ1) is 15.7. The van der Waals surface area contributed by atoms with E-state index in [0.29, 0.717) is 17.5 Å². The van der Waals surface area contributed by atoms with E-state index in [1.807, 2.05) is 0 Å². The molecule has 1 amide bonds. The molecule has 1 fully saturated rings. The van der Waals surface area contributed by atoms with Crippen LogP contribution in [-0.2, 0) is 0 Å². The van der Waals surface area contributed by atoms with Gasteiger partial charge in [0, 0.05) is 6.54 Å². The number of nitrogens with one attached hydrogen (secondary N) is 1. The summed E-state index contributed by atoms with van der Waals surface area (Å²) >= 11 is 0. The Morgan fingerprint density at radius 1 is 1.20 bits per heavy atom. The topological polar surface area (TPSA) is 69.2 Å². The number of carbonyl (C=O) groups is 1. The van der Waals surface area contributed by atoms with Crippen molar-refractivity contribution >= 4 is 16.9 Å². The number of imidazole rings is 1. The number of aliphatic hydroxyl groups excluding tert-OH is 1. The third kappa shape index (κ3) is 2.76. The Hall–Kier alpha value is -2.80. The highest BCUT2D eigenvalue weighted by Gasteiger charge is 2.36. The molecular weight excluding hydrogens is 328 g/mol. The number of H-pyrrole nitrogens is 1. The predicted molar refractivity (Wildman–Crippen MR) is 86.9 cm³/mol. The van der Waals surface area contributed by atoms with Crippen LogP contribution in [0.25, 0.3) is 11.0 Å². The van der Waals surface area contributed by atoms with Gasteiger partial charge in [-0.15, -0.1) is 0 Å². The smallest absolute Gasteiger partial charge is 0.256 e. The molecule has 5 nitrogen and oxygen atoms in total. The van der Waals surface area contributed by atoms with E-state index < -0.39 is 23.9 Å². The minimum Gasteiger partial charge on any atom is -0.391 e. The number of carbonyl (C=O) groups excluding carboxylic acids is 1. The Labute approximate surface area is 141 Å². The molecule has 0 radical (unpaired) electrons. The van der Waals surface area contributed by atoms with Gasteiger partial charge < -0.3 is 15.0 Å². The van der Waals surface area contributed by atoms with Crippen LogP contribution < -0.4 is 0 Å². The van der Waals surface area contributed by atoms with Gasteiger partial charge in [-0.25, -0.2) is 13.8 Å². The number of aromatic nitrogens is 2. The summed E-state index contributed by atoms with van der Waals surface area (Å²) in [6.45, 7) is 0.128. The number of aromatic amines is 1. The second-order valence-corrected chi connectivity index (χ2v) is 6.17. The van der Waals surface area contributed by atoms with Gasteiger partial charge in [0.05, 0.1) is 29.6 Å². The number of hydrogen-bond acceptors (Lipinski definition) is 3. The lowest BCUT2D eigenvalue weighted by Crippen LogP contribution is -2.32. The number of hydrogen-bond donors (Lipinski definition) is 2. The molecule has 2 heterocycles. The molecule has 7 heteroatoms. The quantitative estimate of drug-likeness (QED) is 0.752. The number of likely N-dealkylation sites (tertiary alicyclic amines) is 1. The maximum atomic E-state index is 13.9. The van der Waals surface area contributed by atoms with Crippen LogP contribution in [0.3, 0.4) is 0 Å². The molecule has 1 aliphatic heterocycles. The summed E-state index contributed by atoms with van der Waals surface area (Å²) in [5.41, 5.74) is 1.67. The van der Waals surface area contributed by atoms with E-state index in [1.54, 1.807) is 12.1 Å². The van der Waals surface area contributed by atoms with Crippen LogP contribution in [0.2, 0.25) is 0 Å². The van der Waals surface area contributed by atoms with E-state index in [1.165, 1.54) is 29.4 Å². The molecule has 0 aliphatic carbocycles. The zero-order valence-electron chi connectivity index (χ0n) is 13.1. The number of β-amino-alcohol motifs (C(OH)–C–C–N with tert-alkyl or cyclic N) is 1. The monoisotopic (exact) mass is 343 g/mol. The van der Waals surface area contributed by atoms with E-state index in [-0.39, 0.29) is 17.9 Å². The number of fused-ring (bicyclic) bond motifs is 1. The Morgan fingerprint density at radius 2 is 1.96 bits per heavy atom. The molecule has 3 aromatic rings. The van der Waals surface area contributed by atoms with Crippen molar-refractivity contribution in [2.45, 2.75) is 18.6 Å². The molecule has 4 rings (SSSR count). The summed E-state index contributed by atoms with van der Waals surface area (Å²) in [6, 6.07) is 7.84. The van der Waals surface area contributed by atoms with Gasteiger partial charge >= 0.3 is 0 Å². The van der Waals surface area contributed by atoms with Crippen LogP contribution >= 0.6 is 0 Å². The SMILES string of the molecule is O=C(c1cc(F)cc2[nH]cnc12)N1CC(O)CC1c1ccc(F)cc1. The van der Waals surface area contributed by atoms with Crippen LogP contribution in [0.1, 0.15) is 28.4 Å². The van der Waals surface area contributed by atoms with Crippen molar-refractivity contribution in [1.29, 1.82) is 0 Å². The van der Waals surface area contributed by atoms with E-state index in [2.05, 4.69) is 9.97 Å². The van der Waals surface area contributed by atoms with Gasteiger partial charge in [0.1, 0.15) is 17.2 Å². The lowest BCUT2D eigenvalue weighted by molar-refractivity contribution is 0.0717. The number of aliphatic hydroxyl groups is 1. The van der Waals surface area contributed by atoms with E-state index in [4.69, 9.17) is 0 Å². The van der Waals surface area contributed by atoms with Crippen LogP contribution in [0.15, 0.2) is 42.7 Å². The summed E-state index contributed by atoms with van der Waals surface area (Å²) < 4.78 is 27.0. The molecule has 2 N–H and O–H groups in total. The number of amides is 1. The summed E-state index contributed by atoms with van der Waals surface area (Å²) in [5.74, 6) is -1.33. The Balaban J connectivity index is 1.74. The molecule has 0 saturated carbocycles. The van der Waals surface area contributed by atoms with E-state index in [0.717, 1.165) is 11.6 Å². The largest absolute Gasteiger partial charge is 0.391 e. The lowest BCUT2D eigenvalue weighted by Gasteiger charge is -2.25. The highest BCUT2D eigenvalue weighted by Crippen LogP contribution is 2.34. The fourth-order valence-electron chi connectivity index (χ4n) is 3.37. The van der Waals surface area contributed by atoms with Crippen molar-refractivity contribution in [1.82, 2.24) is 14.9 Å². The zero-order valence-corrected chi connectivity index (χ0v) is 13.1. The summed E-state index contributed by atoms with van der Waals surface area (Å²) in [6.07, 6.45) is 1.05. The molecular formula is C18H15F2N3O2. The first-order chi connectivity index (χ1) is 12.0. The summed E-state index contributed by atoms with van der Waals surface area (Å²) in [5, 5.41) is 10.0. The van der Waals surface area contributed by atoms with Crippen LogP contribution in [0.4, 0.5) is 8.78 Å². The van der Waals surface area contributed by atoms with Gasteiger partial charge in [-0.3, -0.25) is 4.79 Å². The minimum absolute atomic E-state index is 0.128. The van der Waals surface area contributed by atoms with Crippen LogP contribution in [-0.4, -0.2) is 38.5 Å². The molecule has 1 aliphatic rings. The van der Waals surface area contributed by atoms with Crippen molar-refractivity contribution in [3.8, 4) is 0 Å². The number of halogens is 2. The standard InChI is InChI=1S/C18H15F2N3O2/c19-11-3-1-10(2-4-11)16-7-13(24)8-23(16)18(25)14-5-12(20)6-15-17(14)22-9-21-15/h1-6,9,13,16,24H,7-8H2,(H,21,22). The number of rotatable bonds is 2. The second-order valence-electron chi connectivity index (χ2n) is 6.17. The third-order valence-electron chi connectivity index (χ3n) is 4.51. The van der Waals surface area contributed by atoms with Gasteiger partial charge in [-0.05, 0) is 36.2 Å². The number of benzene rings is 2. The van der Waals surface area contributed by atoms with Crippen LogP contribution in [0, 0.1) is 11.6 Å². The maximum Gasteiger partial charge on any atom is 0.256 e. The minimum atomic E-state index is -0.692. The number of nitrogens with zero attached hydrogens (tertiary/aromatic N) is 2. The van der Waals surface area contributed by atoms with Crippen molar-refractivity contribution in [2.75, 3.05) is 6.54 Å². The van der Waals surface area contributed by atoms with Crippen LogP contribution in [0.5, 0.6) is 0 Å². The first-order valence-corrected chi connectivity index (χ1v) is 7.90. The lowest BCUT2D eigenvalue weighted by atomic mass is 10.0. The predicted octanol–water partition coefficient (Wildman–Crippen LogP) is 2.79. The van der Waals surface area contributed by atoms with Crippen molar-refractivity contribution in [2.24, 2.45) is 0 Å². The van der Waals surface area contributed by atoms with Gasteiger partial charge in [0.25, 0.3) is 5.91 Å². The molecule has 128 valence electrons. The highest BCUT2D eigenvalue weighted by atomic mass is 19.1. The zero-order chi connectivity index (χ0) is 17.6. The van der Waals surface area contributed by atoms with Gasteiger partial charge in [-0.2, -0.15) is 0 Å². The third-order valence-corrected chi connectivity index (χ3v) is 4.51. The summed E-state index contributed by atoms with van der Waals surface area (Å²) in [7, 11) is 0. The fraction of sp³-hybridized carbons (Fsp3) is 0.222. The molecule has 2 atom stereocenters. The molecule has 0 spiro atoms. The van der Waals surface area contributed by atoms with E-state index in [9.17, 15) is 18.7 Å². The highest BCUT2D eigenvalue weighted by molar-refractivity contribution is 6.05. The first-order valence-electron chi connectivity index (χ1n) is 7.90. The molecule has 0 bridgehead atoms. The van der Waals surface area contributed by atoms with Crippen molar-refractivity contribution < 1.29 is 18.7 Å². The molecule has 1 saturated heterocycles. The average molecular weight is 343 g/mol. The van der Waals surface area contributed by atoms with Crippen molar-refractivity contribution in [3.63, 3.8) is 0 Å². The molecule has 25 heavy (non-hydrogen) atoms. The Kier molecular flexibility index (Phi) is 3.73. The molecule has 2 unspecified atom stereocenters. The Bertz CT molecular complexity index is 939. The van der Waals surface area contributed by atoms with Crippen molar-refractivity contribution in [3.05, 3.63) is 65.5 Å². The molecule has 1 aromatic heterocycles. The molecule has 2 aromatic carbocycles. The fourth-order valence-corrected chi connectivity index (χ4v) is 3.37. The maximum absolute atomic E-state index is 13.9. The van der Waals surface area contributed by atoms with Gasteiger partial charge in [0.2, 0.25) is 0 Å².